The molecule has 5 heteroatoms. The van der Waals surface area contributed by atoms with Gasteiger partial charge in [-0.3, -0.25) is 5.43 Å². The number of thiocarbonyl (C=S) groups is 1. The van der Waals surface area contributed by atoms with E-state index in [-0.39, 0.29) is 0 Å². The van der Waals surface area contributed by atoms with E-state index in [2.05, 4.69) is 41.8 Å². The average Bonchev–Trinajstić information content (AvgIpc) is 2.60. The Morgan fingerprint density at radius 2 is 1.83 bits per heavy atom. The molecule has 0 heterocycles. The van der Waals surface area contributed by atoms with Crippen LogP contribution in [0.4, 0.5) is 5.69 Å². The van der Waals surface area contributed by atoms with Crippen molar-refractivity contribution in [2.75, 3.05) is 12.4 Å². The monoisotopic (exact) mass is 341 g/mol. The number of nitrogens with one attached hydrogen (secondary N) is 2. The zero-order chi connectivity index (χ0) is 17.5. The fraction of sp³-hybridized carbons (Fsp3) is 0.263. The van der Waals surface area contributed by atoms with Crippen LogP contribution in [-0.4, -0.2) is 17.9 Å². The fourth-order valence-corrected chi connectivity index (χ4v) is 2.32. The van der Waals surface area contributed by atoms with E-state index in [1.807, 2.05) is 43.3 Å². The molecule has 2 aromatic rings. The van der Waals surface area contributed by atoms with Crippen molar-refractivity contribution in [3.05, 3.63) is 59.7 Å². The summed E-state index contributed by atoms with van der Waals surface area (Å²) in [4.78, 5) is 0. The predicted octanol–water partition coefficient (Wildman–Crippen LogP) is 4.53. The van der Waals surface area contributed by atoms with Crippen LogP contribution in [0.25, 0.3) is 0 Å². The summed E-state index contributed by atoms with van der Waals surface area (Å²) in [7, 11) is 1.65. The molecular formula is C19H23N3OS. The van der Waals surface area contributed by atoms with Crippen molar-refractivity contribution < 1.29 is 4.74 Å². The van der Waals surface area contributed by atoms with Crippen molar-refractivity contribution >= 4 is 28.7 Å². The Hall–Kier alpha value is -2.40. The van der Waals surface area contributed by atoms with E-state index >= 15 is 0 Å². The highest BCUT2D eigenvalue weighted by Gasteiger charge is 2.02. The van der Waals surface area contributed by atoms with Crippen LogP contribution in [0.1, 0.15) is 37.8 Å². The summed E-state index contributed by atoms with van der Waals surface area (Å²) in [5, 5.41) is 7.90. The van der Waals surface area contributed by atoms with Crippen LogP contribution in [0.3, 0.4) is 0 Å². The molecule has 0 fully saturated rings. The average molecular weight is 341 g/mol. The molecule has 2 rings (SSSR count). The lowest BCUT2D eigenvalue weighted by Crippen LogP contribution is -2.24. The Labute approximate surface area is 148 Å². The molecule has 0 aliphatic heterocycles. The van der Waals surface area contributed by atoms with E-state index in [1.165, 1.54) is 5.56 Å². The van der Waals surface area contributed by atoms with Crippen molar-refractivity contribution in [2.24, 2.45) is 5.10 Å². The Morgan fingerprint density at radius 3 is 2.46 bits per heavy atom. The maximum atomic E-state index is 5.28. The minimum absolute atomic E-state index is 0.453. The molecule has 126 valence electrons. The smallest absolute Gasteiger partial charge is 0.191 e. The van der Waals surface area contributed by atoms with Gasteiger partial charge in [-0.25, -0.2) is 0 Å². The van der Waals surface area contributed by atoms with Gasteiger partial charge in [0, 0.05) is 11.3 Å². The highest BCUT2D eigenvalue weighted by atomic mass is 32.1. The predicted molar refractivity (Wildman–Crippen MR) is 105 cm³/mol. The number of hydrogen-bond donors (Lipinski definition) is 2. The third-order valence-electron chi connectivity index (χ3n) is 3.65. The van der Waals surface area contributed by atoms with E-state index in [1.54, 1.807) is 7.11 Å². The van der Waals surface area contributed by atoms with E-state index in [4.69, 9.17) is 17.0 Å². The van der Waals surface area contributed by atoms with Crippen molar-refractivity contribution in [1.29, 1.82) is 0 Å². The van der Waals surface area contributed by atoms with Crippen LogP contribution < -0.4 is 15.5 Å². The first-order valence-electron chi connectivity index (χ1n) is 7.85. The molecule has 2 aromatic carbocycles. The molecule has 0 saturated heterocycles. The van der Waals surface area contributed by atoms with Crippen molar-refractivity contribution in [2.45, 2.75) is 26.7 Å². The Morgan fingerprint density at radius 1 is 1.12 bits per heavy atom. The topological polar surface area (TPSA) is 45.6 Å². The van der Waals surface area contributed by atoms with Gasteiger partial charge >= 0.3 is 0 Å². The molecule has 0 aliphatic carbocycles. The van der Waals surface area contributed by atoms with Gasteiger partial charge in [-0.05, 0) is 54.9 Å². The molecular weight excluding hydrogens is 318 g/mol. The third kappa shape index (κ3) is 5.06. The number of ether oxygens (including phenoxy) is 1. The lowest BCUT2D eigenvalue weighted by Gasteiger charge is -2.10. The summed E-state index contributed by atoms with van der Waals surface area (Å²) in [5.41, 5.74) is 6.91. The number of hydrazone groups is 1. The molecule has 4 nitrogen and oxygen atoms in total. The van der Waals surface area contributed by atoms with Gasteiger partial charge < -0.3 is 10.1 Å². The second-order valence-electron chi connectivity index (χ2n) is 5.77. The highest BCUT2D eigenvalue weighted by molar-refractivity contribution is 7.80. The Balaban J connectivity index is 1.96. The number of anilines is 1. The SMILES string of the molecule is COc1cccc(/C(C)=N/NC(=S)Nc2ccc(C(C)C)cc2)c1. The largest absolute Gasteiger partial charge is 0.497 e. The summed E-state index contributed by atoms with van der Waals surface area (Å²) < 4.78 is 5.22. The molecule has 0 aliphatic rings. The maximum Gasteiger partial charge on any atom is 0.191 e. The Kier molecular flexibility index (Phi) is 6.32. The summed E-state index contributed by atoms with van der Waals surface area (Å²) in [5.74, 6) is 1.31. The third-order valence-corrected chi connectivity index (χ3v) is 3.84. The summed E-state index contributed by atoms with van der Waals surface area (Å²) in [6.07, 6.45) is 0. The zero-order valence-corrected chi connectivity index (χ0v) is 15.3. The molecule has 0 spiro atoms. The summed E-state index contributed by atoms with van der Waals surface area (Å²) in [6.45, 7) is 6.26. The van der Waals surface area contributed by atoms with Crippen LogP contribution >= 0.6 is 12.2 Å². The van der Waals surface area contributed by atoms with Crippen molar-refractivity contribution in [3.63, 3.8) is 0 Å². The first kappa shape index (κ1) is 17.9. The summed E-state index contributed by atoms with van der Waals surface area (Å²) >= 11 is 5.28. The van der Waals surface area contributed by atoms with Crippen LogP contribution in [0.15, 0.2) is 53.6 Å². The zero-order valence-electron chi connectivity index (χ0n) is 14.5. The van der Waals surface area contributed by atoms with E-state index in [9.17, 15) is 0 Å². The number of benzene rings is 2. The number of hydrogen-bond acceptors (Lipinski definition) is 3. The second-order valence-corrected chi connectivity index (χ2v) is 6.18. The second kappa shape index (κ2) is 8.45. The minimum atomic E-state index is 0.453. The van der Waals surface area contributed by atoms with Crippen LogP contribution in [-0.2, 0) is 0 Å². The first-order chi connectivity index (χ1) is 11.5. The van der Waals surface area contributed by atoms with Gasteiger partial charge in [0.25, 0.3) is 0 Å². The molecule has 2 N–H and O–H groups in total. The number of nitrogens with zero attached hydrogens (tertiary/aromatic N) is 1. The molecule has 0 amide bonds. The van der Waals surface area contributed by atoms with Gasteiger partial charge in [-0.1, -0.05) is 38.1 Å². The van der Waals surface area contributed by atoms with Gasteiger partial charge in [0.15, 0.2) is 5.11 Å². The van der Waals surface area contributed by atoms with Crippen molar-refractivity contribution in [3.8, 4) is 5.75 Å². The standard InChI is InChI=1S/C19H23N3OS/c1-13(2)15-8-10-17(11-9-15)20-19(24)22-21-14(3)16-6-5-7-18(12-16)23-4/h5-13H,1-4H3,(H2,20,22,24)/b21-14+. The fourth-order valence-electron chi connectivity index (χ4n) is 2.16. The van der Waals surface area contributed by atoms with Gasteiger partial charge in [-0.15, -0.1) is 0 Å². The molecule has 0 saturated carbocycles. The number of rotatable bonds is 5. The highest BCUT2D eigenvalue weighted by Crippen LogP contribution is 2.17. The van der Waals surface area contributed by atoms with Crippen LogP contribution in [0.2, 0.25) is 0 Å². The first-order valence-corrected chi connectivity index (χ1v) is 8.26. The lowest BCUT2D eigenvalue weighted by atomic mass is 10.0. The van der Waals surface area contributed by atoms with Crippen molar-refractivity contribution in [1.82, 2.24) is 5.43 Å². The molecule has 0 bridgehead atoms. The van der Waals surface area contributed by atoms with Gasteiger partial charge in [0.05, 0.1) is 12.8 Å². The molecule has 0 aromatic heterocycles. The van der Waals surface area contributed by atoms with E-state index in [0.717, 1.165) is 22.7 Å². The maximum absolute atomic E-state index is 5.28. The van der Waals surface area contributed by atoms with E-state index in [0.29, 0.717) is 11.0 Å². The van der Waals surface area contributed by atoms with Gasteiger partial charge in [0.1, 0.15) is 5.75 Å². The lowest BCUT2D eigenvalue weighted by molar-refractivity contribution is 0.414. The molecule has 0 radical (unpaired) electrons. The quantitative estimate of drug-likeness (QED) is 0.476. The van der Waals surface area contributed by atoms with Gasteiger partial charge in [0.2, 0.25) is 0 Å². The Bertz CT molecular complexity index is 724. The molecule has 24 heavy (non-hydrogen) atoms. The van der Waals surface area contributed by atoms with Crippen LogP contribution in [0.5, 0.6) is 5.75 Å². The normalized spacial score (nSPS) is 11.3. The van der Waals surface area contributed by atoms with E-state index < -0.39 is 0 Å². The van der Waals surface area contributed by atoms with Gasteiger partial charge in [-0.2, -0.15) is 5.10 Å². The minimum Gasteiger partial charge on any atom is -0.497 e. The number of methoxy groups -OCH3 is 1. The summed E-state index contributed by atoms with van der Waals surface area (Å²) in [6, 6.07) is 16.0. The molecule has 0 unspecified atom stereocenters. The molecule has 0 atom stereocenters. The van der Waals surface area contributed by atoms with Crippen LogP contribution in [0, 0.1) is 0 Å².